The van der Waals surface area contributed by atoms with Crippen LogP contribution in [0.15, 0.2) is 41.8 Å². The normalized spacial score (nSPS) is 12.9. The number of nitrogens with one attached hydrogen (secondary N) is 1. The summed E-state index contributed by atoms with van der Waals surface area (Å²) < 4.78 is 14.8. The van der Waals surface area contributed by atoms with Gasteiger partial charge in [0.1, 0.15) is 17.2 Å². The Bertz CT molecular complexity index is 954. The van der Waals surface area contributed by atoms with Gasteiger partial charge in [-0.3, -0.25) is 4.79 Å². The average molecular weight is 387 g/mol. The molecular weight excluding hydrogens is 365 g/mol. The van der Waals surface area contributed by atoms with Crippen LogP contribution in [0.1, 0.15) is 34.1 Å². The van der Waals surface area contributed by atoms with Crippen molar-refractivity contribution < 1.29 is 9.18 Å². The third kappa shape index (κ3) is 4.27. The number of hydrogen-bond acceptors (Lipinski definition) is 5. The molecular formula is C19H22FN5OS. The monoisotopic (exact) mass is 387 g/mol. The molecule has 2 aromatic heterocycles. The van der Waals surface area contributed by atoms with Gasteiger partial charge in [0.05, 0.1) is 22.5 Å². The van der Waals surface area contributed by atoms with Crippen molar-refractivity contribution in [1.82, 2.24) is 25.1 Å². The van der Waals surface area contributed by atoms with E-state index in [2.05, 4.69) is 20.4 Å². The first-order valence-electron chi connectivity index (χ1n) is 8.74. The van der Waals surface area contributed by atoms with Gasteiger partial charge < -0.3 is 5.32 Å². The van der Waals surface area contributed by atoms with Crippen LogP contribution in [-0.2, 0) is 4.79 Å². The second kappa shape index (κ2) is 7.64. The third-order valence-corrected chi connectivity index (χ3v) is 5.52. The van der Waals surface area contributed by atoms with Crippen molar-refractivity contribution in [1.29, 1.82) is 0 Å². The van der Waals surface area contributed by atoms with Crippen LogP contribution >= 0.6 is 11.8 Å². The molecule has 0 bridgehead atoms. The van der Waals surface area contributed by atoms with Crippen molar-refractivity contribution in [3.63, 3.8) is 0 Å². The Morgan fingerprint density at radius 1 is 1.30 bits per heavy atom. The van der Waals surface area contributed by atoms with Crippen molar-refractivity contribution in [2.45, 2.75) is 49.9 Å². The molecule has 2 heterocycles. The molecule has 0 aliphatic heterocycles. The van der Waals surface area contributed by atoms with Gasteiger partial charge in [-0.1, -0.05) is 18.7 Å². The molecule has 0 spiro atoms. The van der Waals surface area contributed by atoms with Crippen LogP contribution in [0.25, 0.3) is 16.7 Å². The summed E-state index contributed by atoms with van der Waals surface area (Å²) in [7, 11) is 0. The van der Waals surface area contributed by atoms with E-state index in [1.54, 1.807) is 23.0 Å². The van der Waals surface area contributed by atoms with Crippen molar-refractivity contribution in [3.05, 3.63) is 42.6 Å². The minimum Gasteiger partial charge on any atom is -0.350 e. The van der Waals surface area contributed by atoms with E-state index in [4.69, 9.17) is 0 Å². The van der Waals surface area contributed by atoms with Crippen molar-refractivity contribution >= 4 is 28.7 Å². The zero-order valence-electron chi connectivity index (χ0n) is 15.7. The minimum atomic E-state index is -0.317. The van der Waals surface area contributed by atoms with Crippen LogP contribution in [0.5, 0.6) is 0 Å². The Morgan fingerprint density at radius 3 is 2.67 bits per heavy atom. The molecule has 0 aliphatic carbocycles. The molecule has 1 N–H and O–H groups in total. The van der Waals surface area contributed by atoms with Gasteiger partial charge >= 0.3 is 0 Å². The molecule has 3 rings (SSSR count). The smallest absolute Gasteiger partial charge is 0.233 e. The maximum absolute atomic E-state index is 13.2. The average Bonchev–Trinajstić information content (AvgIpc) is 3.07. The molecule has 0 radical (unpaired) electrons. The summed E-state index contributed by atoms with van der Waals surface area (Å²) in [5.41, 5.74) is 1.07. The highest BCUT2D eigenvalue weighted by atomic mass is 32.2. The number of hydrogen-bond donors (Lipinski definition) is 1. The number of fused-ring (bicyclic) bond motifs is 1. The highest BCUT2D eigenvalue weighted by Gasteiger charge is 2.24. The number of carbonyl (C=O) groups is 1. The van der Waals surface area contributed by atoms with Gasteiger partial charge in [-0.25, -0.2) is 19.0 Å². The van der Waals surface area contributed by atoms with Gasteiger partial charge in [0.2, 0.25) is 5.91 Å². The number of benzene rings is 1. The third-order valence-electron chi connectivity index (χ3n) is 4.40. The zero-order chi connectivity index (χ0) is 19.6. The molecule has 0 aliphatic rings. The maximum atomic E-state index is 13.2. The lowest BCUT2D eigenvalue weighted by Gasteiger charge is -2.26. The largest absolute Gasteiger partial charge is 0.350 e. The minimum absolute atomic E-state index is 0.0375. The first-order chi connectivity index (χ1) is 12.8. The highest BCUT2D eigenvalue weighted by molar-refractivity contribution is 8.00. The molecule has 27 heavy (non-hydrogen) atoms. The van der Waals surface area contributed by atoms with E-state index in [-0.39, 0.29) is 22.5 Å². The molecule has 8 heteroatoms. The Kier molecular flexibility index (Phi) is 5.46. The molecule has 0 saturated carbocycles. The van der Waals surface area contributed by atoms with Crippen LogP contribution in [-0.4, -0.2) is 36.4 Å². The summed E-state index contributed by atoms with van der Waals surface area (Å²) >= 11 is 1.37. The number of thioether (sulfide) groups is 1. The van der Waals surface area contributed by atoms with Crippen LogP contribution < -0.4 is 5.32 Å². The fraction of sp³-hybridized carbons (Fsp3) is 0.368. The maximum Gasteiger partial charge on any atom is 0.233 e. The molecule has 1 atom stereocenters. The fourth-order valence-corrected chi connectivity index (χ4v) is 3.31. The van der Waals surface area contributed by atoms with Gasteiger partial charge in [-0.05, 0) is 51.5 Å². The standard InChI is InChI=1S/C19H22FN5OS/c1-5-19(3,4)24-17(26)12(2)27-18-15-10-23-25(16(15)21-11-22-18)14-8-6-13(20)7-9-14/h6-12H,5H2,1-4H3,(H,24,26). The van der Waals surface area contributed by atoms with E-state index in [9.17, 15) is 9.18 Å². The lowest BCUT2D eigenvalue weighted by molar-refractivity contribution is -0.121. The van der Waals surface area contributed by atoms with E-state index < -0.39 is 0 Å². The molecule has 0 saturated heterocycles. The summed E-state index contributed by atoms with van der Waals surface area (Å²) in [5.74, 6) is -0.347. The Balaban J connectivity index is 1.86. The van der Waals surface area contributed by atoms with Crippen molar-refractivity contribution in [2.75, 3.05) is 0 Å². The van der Waals surface area contributed by atoms with E-state index in [1.165, 1.54) is 30.2 Å². The van der Waals surface area contributed by atoms with E-state index in [0.717, 1.165) is 11.8 Å². The second-order valence-electron chi connectivity index (χ2n) is 6.94. The summed E-state index contributed by atoms with van der Waals surface area (Å²) in [6, 6.07) is 6.03. The van der Waals surface area contributed by atoms with Crippen molar-refractivity contribution in [3.8, 4) is 5.69 Å². The van der Waals surface area contributed by atoms with Crippen LogP contribution in [0.4, 0.5) is 4.39 Å². The van der Waals surface area contributed by atoms with Gasteiger partial charge in [0, 0.05) is 5.54 Å². The number of halogens is 1. The zero-order valence-corrected chi connectivity index (χ0v) is 16.5. The number of nitrogens with zero attached hydrogens (tertiary/aromatic N) is 4. The highest BCUT2D eigenvalue weighted by Crippen LogP contribution is 2.29. The SMILES string of the molecule is CCC(C)(C)NC(=O)C(C)Sc1ncnc2c1cnn2-c1ccc(F)cc1. The molecule has 142 valence electrons. The molecule has 1 amide bonds. The predicted molar refractivity (Wildman–Crippen MR) is 104 cm³/mol. The Labute approximate surface area is 161 Å². The van der Waals surface area contributed by atoms with Gasteiger partial charge in [-0.2, -0.15) is 5.10 Å². The van der Waals surface area contributed by atoms with Gasteiger partial charge in [0.15, 0.2) is 5.65 Å². The molecule has 3 aromatic rings. The van der Waals surface area contributed by atoms with Crippen LogP contribution in [0, 0.1) is 5.82 Å². The van der Waals surface area contributed by atoms with E-state index in [1.807, 2.05) is 27.7 Å². The van der Waals surface area contributed by atoms with E-state index in [0.29, 0.717) is 16.4 Å². The molecule has 0 fully saturated rings. The van der Waals surface area contributed by atoms with Crippen LogP contribution in [0.2, 0.25) is 0 Å². The van der Waals surface area contributed by atoms with Crippen molar-refractivity contribution in [2.24, 2.45) is 0 Å². The Morgan fingerprint density at radius 2 is 2.00 bits per heavy atom. The van der Waals surface area contributed by atoms with E-state index >= 15 is 0 Å². The fourth-order valence-electron chi connectivity index (χ4n) is 2.43. The summed E-state index contributed by atoms with van der Waals surface area (Å²) in [5, 5.41) is 8.53. The first-order valence-corrected chi connectivity index (χ1v) is 9.62. The molecule has 1 aromatic carbocycles. The quantitative estimate of drug-likeness (QED) is 0.515. The lowest BCUT2D eigenvalue weighted by Crippen LogP contribution is -2.46. The predicted octanol–water partition coefficient (Wildman–Crippen LogP) is 3.74. The second-order valence-corrected chi connectivity index (χ2v) is 8.27. The first kappa shape index (κ1) is 19.3. The number of carbonyl (C=O) groups excluding carboxylic acids is 1. The summed E-state index contributed by atoms with van der Waals surface area (Å²) in [6.07, 6.45) is 3.97. The van der Waals surface area contributed by atoms with Gasteiger partial charge in [0.25, 0.3) is 0 Å². The van der Waals surface area contributed by atoms with Crippen LogP contribution in [0.3, 0.4) is 0 Å². The number of aromatic nitrogens is 4. The number of amides is 1. The number of rotatable bonds is 6. The lowest BCUT2D eigenvalue weighted by atomic mass is 10.0. The topological polar surface area (TPSA) is 72.7 Å². The summed E-state index contributed by atoms with van der Waals surface area (Å²) in [4.78, 5) is 21.1. The molecule has 6 nitrogen and oxygen atoms in total. The van der Waals surface area contributed by atoms with Gasteiger partial charge in [-0.15, -0.1) is 0 Å². The summed E-state index contributed by atoms with van der Waals surface area (Å²) in [6.45, 7) is 7.88. The molecule has 1 unspecified atom stereocenters. The Hall–Kier alpha value is -2.48.